The van der Waals surface area contributed by atoms with Crippen molar-refractivity contribution in [3.05, 3.63) is 33.8 Å². The molecule has 4 nitrogen and oxygen atoms in total. The van der Waals surface area contributed by atoms with Gasteiger partial charge in [-0.1, -0.05) is 29.3 Å². The Labute approximate surface area is 115 Å². The lowest BCUT2D eigenvalue weighted by Crippen LogP contribution is -2.54. The van der Waals surface area contributed by atoms with Gasteiger partial charge in [0.2, 0.25) is 0 Å². The fourth-order valence-electron chi connectivity index (χ4n) is 2.07. The molecule has 1 aliphatic heterocycles. The zero-order valence-corrected chi connectivity index (χ0v) is 11.2. The molecule has 1 aromatic carbocycles. The standard InChI is InChI=1S/C12H14Cl2N2O2/c13-9-2-1-3-10(14)8(9)7-16-5-4-15-6-11(16)12(17)18/h1-3,11,15H,4-7H2,(H,17,18). The molecule has 1 heterocycles. The molecule has 1 aromatic rings. The van der Waals surface area contributed by atoms with Gasteiger partial charge in [0.05, 0.1) is 0 Å². The first-order chi connectivity index (χ1) is 8.59. The molecule has 1 aliphatic rings. The van der Waals surface area contributed by atoms with E-state index < -0.39 is 12.0 Å². The summed E-state index contributed by atoms with van der Waals surface area (Å²) in [6, 6.07) is 4.77. The largest absolute Gasteiger partial charge is 0.480 e. The van der Waals surface area contributed by atoms with Crippen LogP contribution in [0.5, 0.6) is 0 Å². The second-order valence-corrected chi connectivity index (χ2v) is 5.04. The zero-order valence-electron chi connectivity index (χ0n) is 9.70. The van der Waals surface area contributed by atoms with Crippen molar-refractivity contribution in [1.82, 2.24) is 10.2 Å². The van der Waals surface area contributed by atoms with Crippen LogP contribution in [0.1, 0.15) is 5.56 Å². The molecule has 18 heavy (non-hydrogen) atoms. The number of nitrogens with zero attached hydrogens (tertiary/aromatic N) is 1. The molecular formula is C12H14Cl2N2O2. The number of halogens is 2. The molecule has 1 fully saturated rings. The number of nitrogens with one attached hydrogen (secondary N) is 1. The molecule has 1 atom stereocenters. The summed E-state index contributed by atoms with van der Waals surface area (Å²) < 4.78 is 0. The maximum atomic E-state index is 11.2. The number of carboxylic acid groups (broad SMARTS) is 1. The Balaban J connectivity index is 2.18. The van der Waals surface area contributed by atoms with Crippen molar-refractivity contribution in [3.8, 4) is 0 Å². The topological polar surface area (TPSA) is 52.6 Å². The van der Waals surface area contributed by atoms with E-state index in [-0.39, 0.29) is 0 Å². The Morgan fingerprint density at radius 2 is 2.11 bits per heavy atom. The molecule has 98 valence electrons. The van der Waals surface area contributed by atoms with Crippen LogP contribution < -0.4 is 5.32 Å². The summed E-state index contributed by atoms with van der Waals surface area (Å²) in [4.78, 5) is 13.1. The van der Waals surface area contributed by atoms with Gasteiger partial charge >= 0.3 is 5.97 Å². The summed E-state index contributed by atoms with van der Waals surface area (Å²) in [6.45, 7) is 2.33. The predicted octanol–water partition coefficient (Wildman–Crippen LogP) is 1.85. The molecule has 0 saturated carbocycles. The Hall–Kier alpha value is -0.810. The van der Waals surface area contributed by atoms with Crippen molar-refractivity contribution in [2.45, 2.75) is 12.6 Å². The van der Waals surface area contributed by atoms with Gasteiger partial charge in [-0.3, -0.25) is 9.69 Å². The Bertz CT molecular complexity index is 433. The van der Waals surface area contributed by atoms with Gasteiger partial charge in [0.1, 0.15) is 6.04 Å². The smallest absolute Gasteiger partial charge is 0.322 e. The van der Waals surface area contributed by atoms with Crippen LogP contribution in [-0.2, 0) is 11.3 Å². The number of benzene rings is 1. The second kappa shape index (κ2) is 5.89. The molecule has 2 rings (SSSR count). The monoisotopic (exact) mass is 288 g/mol. The van der Waals surface area contributed by atoms with Crippen molar-refractivity contribution < 1.29 is 9.90 Å². The van der Waals surface area contributed by atoms with Gasteiger partial charge in [-0.05, 0) is 12.1 Å². The van der Waals surface area contributed by atoms with E-state index in [0.717, 1.165) is 12.1 Å². The first-order valence-electron chi connectivity index (χ1n) is 5.70. The number of piperazine rings is 1. The van der Waals surface area contributed by atoms with Crippen molar-refractivity contribution in [2.24, 2.45) is 0 Å². The number of rotatable bonds is 3. The number of aliphatic carboxylic acids is 1. The third-order valence-corrected chi connectivity index (χ3v) is 3.77. The van der Waals surface area contributed by atoms with Gasteiger partial charge in [-0.25, -0.2) is 0 Å². The van der Waals surface area contributed by atoms with E-state index >= 15 is 0 Å². The minimum Gasteiger partial charge on any atom is -0.480 e. The fraction of sp³-hybridized carbons (Fsp3) is 0.417. The zero-order chi connectivity index (χ0) is 13.1. The van der Waals surface area contributed by atoms with Crippen LogP contribution >= 0.6 is 23.2 Å². The lowest BCUT2D eigenvalue weighted by atomic mass is 10.1. The summed E-state index contributed by atoms with van der Waals surface area (Å²) in [5.74, 6) is -0.828. The van der Waals surface area contributed by atoms with Crippen LogP contribution in [0, 0.1) is 0 Å². The van der Waals surface area contributed by atoms with Crippen LogP contribution in [0.2, 0.25) is 10.0 Å². The average molecular weight is 289 g/mol. The molecule has 6 heteroatoms. The van der Waals surface area contributed by atoms with E-state index in [4.69, 9.17) is 23.2 Å². The highest BCUT2D eigenvalue weighted by Gasteiger charge is 2.28. The summed E-state index contributed by atoms with van der Waals surface area (Å²) in [5, 5.41) is 13.4. The molecule has 1 saturated heterocycles. The molecule has 0 radical (unpaired) electrons. The van der Waals surface area contributed by atoms with Crippen LogP contribution in [0.3, 0.4) is 0 Å². The van der Waals surface area contributed by atoms with Gasteiger partial charge in [0, 0.05) is 41.8 Å². The van der Waals surface area contributed by atoms with Gasteiger partial charge in [0.15, 0.2) is 0 Å². The quantitative estimate of drug-likeness (QED) is 0.891. The maximum absolute atomic E-state index is 11.2. The summed E-state index contributed by atoms with van der Waals surface area (Å²) in [5.41, 5.74) is 0.786. The van der Waals surface area contributed by atoms with Crippen molar-refractivity contribution in [2.75, 3.05) is 19.6 Å². The lowest BCUT2D eigenvalue weighted by molar-refractivity contribution is -0.144. The number of hydrogen-bond acceptors (Lipinski definition) is 3. The molecule has 0 amide bonds. The summed E-state index contributed by atoms with van der Waals surface area (Å²) >= 11 is 12.2. The van der Waals surface area contributed by atoms with E-state index in [9.17, 15) is 9.90 Å². The van der Waals surface area contributed by atoms with Gasteiger partial charge in [-0.2, -0.15) is 0 Å². The maximum Gasteiger partial charge on any atom is 0.322 e. The third kappa shape index (κ3) is 2.95. The van der Waals surface area contributed by atoms with Crippen LogP contribution in [0.4, 0.5) is 0 Å². The Morgan fingerprint density at radius 3 is 2.72 bits per heavy atom. The summed E-state index contributed by atoms with van der Waals surface area (Å²) in [7, 11) is 0. The molecule has 0 aromatic heterocycles. The van der Waals surface area contributed by atoms with Crippen molar-refractivity contribution in [1.29, 1.82) is 0 Å². The minimum absolute atomic E-state index is 0.442. The first kappa shape index (κ1) is 13.6. The van der Waals surface area contributed by atoms with E-state index in [2.05, 4.69) is 5.32 Å². The molecule has 0 spiro atoms. The molecule has 0 bridgehead atoms. The number of hydrogen-bond donors (Lipinski definition) is 2. The highest BCUT2D eigenvalue weighted by Crippen LogP contribution is 2.26. The lowest BCUT2D eigenvalue weighted by Gasteiger charge is -2.33. The highest BCUT2D eigenvalue weighted by atomic mass is 35.5. The van der Waals surface area contributed by atoms with Crippen LogP contribution in [0.25, 0.3) is 0 Å². The molecule has 1 unspecified atom stereocenters. The van der Waals surface area contributed by atoms with Gasteiger partial charge in [-0.15, -0.1) is 0 Å². The second-order valence-electron chi connectivity index (χ2n) is 4.23. The fourth-order valence-corrected chi connectivity index (χ4v) is 2.58. The van der Waals surface area contributed by atoms with Gasteiger partial charge in [0.25, 0.3) is 0 Å². The number of carbonyl (C=O) groups is 1. The molecular weight excluding hydrogens is 275 g/mol. The number of carboxylic acids is 1. The third-order valence-electron chi connectivity index (χ3n) is 3.06. The average Bonchev–Trinajstić information content (AvgIpc) is 2.34. The van der Waals surface area contributed by atoms with E-state index in [1.165, 1.54) is 0 Å². The van der Waals surface area contributed by atoms with Crippen molar-refractivity contribution in [3.63, 3.8) is 0 Å². The predicted molar refractivity (Wildman–Crippen MR) is 71.2 cm³/mol. The van der Waals surface area contributed by atoms with E-state index in [1.807, 2.05) is 4.90 Å². The minimum atomic E-state index is -0.828. The Kier molecular flexibility index (Phi) is 4.45. The normalized spacial score (nSPS) is 20.9. The Morgan fingerprint density at radius 1 is 1.44 bits per heavy atom. The van der Waals surface area contributed by atoms with Crippen LogP contribution in [-0.4, -0.2) is 41.7 Å². The van der Waals surface area contributed by atoms with E-state index in [1.54, 1.807) is 18.2 Å². The SMILES string of the molecule is O=C(O)C1CNCCN1Cc1c(Cl)cccc1Cl. The molecule has 0 aliphatic carbocycles. The van der Waals surface area contributed by atoms with Crippen LogP contribution in [0.15, 0.2) is 18.2 Å². The molecule has 2 N–H and O–H groups in total. The van der Waals surface area contributed by atoms with Gasteiger partial charge < -0.3 is 10.4 Å². The highest BCUT2D eigenvalue weighted by molar-refractivity contribution is 6.35. The van der Waals surface area contributed by atoms with E-state index in [0.29, 0.717) is 29.7 Å². The summed E-state index contributed by atoms with van der Waals surface area (Å²) in [6.07, 6.45) is 0. The van der Waals surface area contributed by atoms with Crippen molar-refractivity contribution >= 4 is 29.2 Å². The first-order valence-corrected chi connectivity index (χ1v) is 6.45.